The lowest BCUT2D eigenvalue weighted by molar-refractivity contribution is -0.123. The van der Waals surface area contributed by atoms with Crippen molar-refractivity contribution >= 4 is 12.0 Å². The van der Waals surface area contributed by atoms with E-state index in [9.17, 15) is 9.59 Å². The zero-order valence-electron chi connectivity index (χ0n) is 11.6. The fraction of sp³-hybridized carbons (Fsp3) is 0.375. The number of benzene rings is 1. The number of cyclic esters (lactones) is 1. The third kappa shape index (κ3) is 3.39. The number of nitrogens with zero attached hydrogens (tertiary/aromatic N) is 1. The molecule has 1 heterocycles. The van der Waals surface area contributed by atoms with E-state index in [2.05, 4.69) is 11.8 Å². The van der Waals surface area contributed by atoms with Crippen molar-refractivity contribution in [3.63, 3.8) is 0 Å². The minimum absolute atomic E-state index is 0.208. The van der Waals surface area contributed by atoms with Crippen LogP contribution in [0.1, 0.15) is 25.8 Å². The molecular formula is C16H17NO3. The summed E-state index contributed by atoms with van der Waals surface area (Å²) < 4.78 is 4.95. The molecule has 104 valence electrons. The van der Waals surface area contributed by atoms with Gasteiger partial charge in [-0.2, -0.15) is 0 Å². The molecule has 4 nitrogen and oxygen atoms in total. The largest absolute Gasteiger partial charge is 0.447 e. The Bertz CT molecular complexity index is 554. The molecular weight excluding hydrogens is 254 g/mol. The second-order valence-corrected chi connectivity index (χ2v) is 5.15. The van der Waals surface area contributed by atoms with Crippen LogP contribution >= 0.6 is 0 Å². The Kier molecular flexibility index (Phi) is 4.41. The fourth-order valence-corrected chi connectivity index (χ4v) is 2.13. The van der Waals surface area contributed by atoms with Gasteiger partial charge in [0.15, 0.2) is 0 Å². The quantitative estimate of drug-likeness (QED) is 0.776. The Labute approximate surface area is 118 Å². The topological polar surface area (TPSA) is 46.6 Å². The number of amides is 2. The molecule has 1 aromatic rings. The number of carbonyl (C=O) groups excluding carboxylic acids is 2. The van der Waals surface area contributed by atoms with Crippen LogP contribution in [0.5, 0.6) is 0 Å². The minimum atomic E-state index is -0.594. The lowest BCUT2D eigenvalue weighted by atomic mass is 10.0. The number of ether oxygens (including phenoxy) is 1. The van der Waals surface area contributed by atoms with Gasteiger partial charge in [0.2, 0.25) is 0 Å². The number of hydrogen-bond donors (Lipinski definition) is 0. The molecule has 0 unspecified atom stereocenters. The van der Waals surface area contributed by atoms with E-state index in [1.54, 1.807) is 0 Å². The van der Waals surface area contributed by atoms with Gasteiger partial charge in [-0.3, -0.25) is 4.79 Å². The maximum Gasteiger partial charge on any atom is 0.417 e. The van der Waals surface area contributed by atoms with Crippen LogP contribution in [-0.4, -0.2) is 29.5 Å². The van der Waals surface area contributed by atoms with Gasteiger partial charge in [-0.25, -0.2) is 9.69 Å². The third-order valence-electron chi connectivity index (χ3n) is 3.01. The average molecular weight is 271 g/mol. The second kappa shape index (κ2) is 6.25. The van der Waals surface area contributed by atoms with E-state index in [0.29, 0.717) is 5.92 Å². The summed E-state index contributed by atoms with van der Waals surface area (Å²) in [7, 11) is 0. The van der Waals surface area contributed by atoms with E-state index < -0.39 is 12.0 Å². The second-order valence-electron chi connectivity index (χ2n) is 5.15. The van der Waals surface area contributed by atoms with Gasteiger partial charge in [0.25, 0.3) is 0 Å². The SMILES string of the molecule is CC(C)C[C@H]1COC(=O)N1C(=O)C#Cc1ccccc1. The lowest BCUT2D eigenvalue weighted by Crippen LogP contribution is -2.38. The Morgan fingerprint density at radius 2 is 2.10 bits per heavy atom. The van der Waals surface area contributed by atoms with Crippen molar-refractivity contribution in [1.82, 2.24) is 4.90 Å². The lowest BCUT2D eigenvalue weighted by Gasteiger charge is -2.18. The molecule has 0 aromatic heterocycles. The van der Waals surface area contributed by atoms with Crippen molar-refractivity contribution in [3.05, 3.63) is 35.9 Å². The molecule has 0 aliphatic carbocycles. The molecule has 1 atom stereocenters. The predicted octanol–water partition coefficient (Wildman–Crippen LogP) is 2.43. The molecule has 1 aliphatic heterocycles. The van der Waals surface area contributed by atoms with Crippen molar-refractivity contribution in [1.29, 1.82) is 0 Å². The Morgan fingerprint density at radius 3 is 2.75 bits per heavy atom. The first-order valence-corrected chi connectivity index (χ1v) is 6.65. The van der Waals surface area contributed by atoms with Crippen LogP contribution in [0.4, 0.5) is 4.79 Å². The molecule has 2 rings (SSSR count). The van der Waals surface area contributed by atoms with Crippen molar-refractivity contribution in [3.8, 4) is 11.8 Å². The van der Waals surface area contributed by atoms with Gasteiger partial charge in [-0.05, 0) is 24.5 Å². The molecule has 0 spiro atoms. The van der Waals surface area contributed by atoms with E-state index in [1.165, 1.54) is 0 Å². The van der Waals surface area contributed by atoms with Gasteiger partial charge in [0.1, 0.15) is 6.61 Å². The molecule has 1 aliphatic rings. The van der Waals surface area contributed by atoms with Gasteiger partial charge >= 0.3 is 12.0 Å². The van der Waals surface area contributed by atoms with Gasteiger partial charge in [-0.1, -0.05) is 38.0 Å². The highest BCUT2D eigenvalue weighted by molar-refractivity contribution is 6.03. The first kappa shape index (κ1) is 14.1. The molecule has 1 aromatic carbocycles. The first-order valence-electron chi connectivity index (χ1n) is 6.65. The molecule has 1 fully saturated rings. The smallest absolute Gasteiger partial charge is 0.417 e. The number of rotatable bonds is 2. The van der Waals surface area contributed by atoms with Crippen molar-refractivity contribution in [2.75, 3.05) is 6.61 Å². The molecule has 0 saturated carbocycles. The summed E-state index contributed by atoms with van der Waals surface area (Å²) in [5.41, 5.74) is 0.744. The van der Waals surface area contributed by atoms with Crippen LogP contribution in [0.25, 0.3) is 0 Å². The maximum atomic E-state index is 12.1. The highest BCUT2D eigenvalue weighted by Crippen LogP contribution is 2.19. The van der Waals surface area contributed by atoms with Crippen LogP contribution in [0.3, 0.4) is 0 Å². The maximum absolute atomic E-state index is 12.1. The highest BCUT2D eigenvalue weighted by atomic mass is 16.6. The number of carbonyl (C=O) groups is 2. The van der Waals surface area contributed by atoms with Crippen LogP contribution in [0, 0.1) is 17.8 Å². The molecule has 1 saturated heterocycles. The zero-order valence-corrected chi connectivity index (χ0v) is 11.6. The summed E-state index contributed by atoms with van der Waals surface area (Å²) in [5.74, 6) is 5.16. The molecule has 20 heavy (non-hydrogen) atoms. The van der Waals surface area contributed by atoms with Gasteiger partial charge < -0.3 is 4.74 Å². The fourth-order valence-electron chi connectivity index (χ4n) is 2.13. The van der Waals surface area contributed by atoms with E-state index in [4.69, 9.17) is 4.74 Å². The standard InChI is InChI=1S/C16H17NO3/c1-12(2)10-14-11-20-16(19)17(14)15(18)9-8-13-6-4-3-5-7-13/h3-7,12,14H,10-11H2,1-2H3/t14-/m0/s1. The normalized spacial score (nSPS) is 17.6. The summed E-state index contributed by atoms with van der Waals surface area (Å²) in [6, 6.07) is 8.99. The highest BCUT2D eigenvalue weighted by Gasteiger charge is 2.37. The van der Waals surface area contributed by atoms with Crippen LogP contribution in [0.2, 0.25) is 0 Å². The van der Waals surface area contributed by atoms with Crippen LogP contribution < -0.4 is 0 Å². The summed E-state index contributed by atoms with van der Waals surface area (Å²) in [5, 5.41) is 0. The Hall–Kier alpha value is -2.28. The number of imide groups is 1. The summed E-state index contributed by atoms with van der Waals surface area (Å²) in [6.45, 7) is 4.35. The molecule has 2 amide bonds. The summed E-state index contributed by atoms with van der Waals surface area (Å²) in [4.78, 5) is 24.8. The van der Waals surface area contributed by atoms with Crippen molar-refractivity contribution < 1.29 is 14.3 Å². The molecule has 0 N–H and O–H groups in total. The van der Waals surface area contributed by atoms with E-state index in [-0.39, 0.29) is 12.6 Å². The van der Waals surface area contributed by atoms with E-state index >= 15 is 0 Å². The van der Waals surface area contributed by atoms with Gasteiger partial charge in [-0.15, -0.1) is 0 Å². The van der Waals surface area contributed by atoms with Crippen molar-refractivity contribution in [2.24, 2.45) is 5.92 Å². The Balaban J connectivity index is 2.11. The average Bonchev–Trinajstić information content (AvgIpc) is 2.77. The molecule has 0 bridgehead atoms. The van der Waals surface area contributed by atoms with Crippen LogP contribution in [0.15, 0.2) is 30.3 Å². The first-order chi connectivity index (χ1) is 9.58. The Morgan fingerprint density at radius 1 is 1.40 bits per heavy atom. The van der Waals surface area contributed by atoms with Gasteiger partial charge in [0.05, 0.1) is 6.04 Å². The van der Waals surface area contributed by atoms with Crippen molar-refractivity contribution in [2.45, 2.75) is 26.3 Å². The van der Waals surface area contributed by atoms with E-state index in [1.807, 2.05) is 44.2 Å². The van der Waals surface area contributed by atoms with Gasteiger partial charge in [0, 0.05) is 11.5 Å². The minimum Gasteiger partial charge on any atom is -0.447 e. The summed E-state index contributed by atoms with van der Waals surface area (Å²) >= 11 is 0. The molecule has 4 heteroatoms. The monoisotopic (exact) mass is 271 g/mol. The zero-order chi connectivity index (χ0) is 14.5. The molecule has 0 radical (unpaired) electrons. The van der Waals surface area contributed by atoms with E-state index in [0.717, 1.165) is 16.9 Å². The third-order valence-corrected chi connectivity index (χ3v) is 3.01. The number of hydrogen-bond acceptors (Lipinski definition) is 3. The predicted molar refractivity (Wildman–Crippen MR) is 74.8 cm³/mol. The summed E-state index contributed by atoms with van der Waals surface area (Å²) in [6.07, 6.45) is 0.132. The van der Waals surface area contributed by atoms with Crippen LogP contribution in [-0.2, 0) is 9.53 Å².